The normalized spacial score (nSPS) is 10.8. The van der Waals surface area contributed by atoms with Crippen molar-refractivity contribution in [2.75, 3.05) is 18.4 Å². The summed E-state index contributed by atoms with van der Waals surface area (Å²) in [6, 6.07) is 29.2. The lowest BCUT2D eigenvalue weighted by Crippen LogP contribution is -2.41. The molecule has 0 aliphatic heterocycles. The van der Waals surface area contributed by atoms with Crippen LogP contribution in [0.15, 0.2) is 91.0 Å². The van der Waals surface area contributed by atoms with E-state index in [1.165, 1.54) is 0 Å². The van der Waals surface area contributed by atoms with Crippen LogP contribution in [0.25, 0.3) is 0 Å². The smallest absolute Gasteiger partial charge is 0.319 e. The van der Waals surface area contributed by atoms with Gasteiger partial charge in [-0.1, -0.05) is 78.9 Å². The monoisotopic (exact) mass is 401 g/mol. The molecule has 154 valence electrons. The Balaban J connectivity index is 1.53. The van der Waals surface area contributed by atoms with Crippen molar-refractivity contribution in [1.29, 1.82) is 0 Å². The second-order valence-electron chi connectivity index (χ2n) is 7.34. The van der Waals surface area contributed by atoms with Gasteiger partial charge in [0.05, 0.1) is 0 Å². The van der Waals surface area contributed by atoms with Gasteiger partial charge in [-0.15, -0.1) is 0 Å². The molecule has 3 N–H and O–H groups in total. The van der Waals surface area contributed by atoms with Gasteiger partial charge in [-0.3, -0.25) is 4.79 Å². The first kappa shape index (κ1) is 21.1. The standard InChI is InChI=1S/C25H27N3O2/c1-25(20-11-5-2-6-12-20,21-13-7-3-8-14-21)19-27-23(29)17-18-26-24(30)28-22-15-9-4-10-16-22/h2-16H,17-19H2,1H3,(H,27,29)(H2,26,28,30). The molecule has 3 rings (SSSR count). The first-order valence-corrected chi connectivity index (χ1v) is 10.1. The second-order valence-corrected chi connectivity index (χ2v) is 7.34. The van der Waals surface area contributed by atoms with Crippen LogP contribution in [0.5, 0.6) is 0 Å². The Hall–Kier alpha value is -3.60. The van der Waals surface area contributed by atoms with E-state index in [1.54, 1.807) is 12.1 Å². The molecule has 0 saturated heterocycles. The van der Waals surface area contributed by atoms with Crippen molar-refractivity contribution >= 4 is 17.6 Å². The van der Waals surface area contributed by atoms with Crippen molar-refractivity contribution in [3.63, 3.8) is 0 Å². The molecule has 5 heteroatoms. The summed E-state index contributed by atoms with van der Waals surface area (Å²) in [7, 11) is 0. The maximum atomic E-state index is 12.4. The van der Waals surface area contributed by atoms with E-state index in [1.807, 2.05) is 54.6 Å². The second kappa shape index (κ2) is 10.3. The Kier molecular flexibility index (Phi) is 7.22. The number of benzene rings is 3. The highest BCUT2D eigenvalue weighted by atomic mass is 16.2. The lowest BCUT2D eigenvalue weighted by molar-refractivity contribution is -0.121. The Morgan fingerprint density at radius 1 is 0.733 bits per heavy atom. The number of urea groups is 1. The third kappa shape index (κ3) is 5.70. The van der Waals surface area contributed by atoms with Gasteiger partial charge in [0, 0.05) is 30.6 Å². The van der Waals surface area contributed by atoms with Gasteiger partial charge in [0.25, 0.3) is 0 Å². The lowest BCUT2D eigenvalue weighted by atomic mass is 9.76. The van der Waals surface area contributed by atoms with E-state index in [0.717, 1.165) is 11.1 Å². The number of hydrogen-bond acceptors (Lipinski definition) is 2. The van der Waals surface area contributed by atoms with Crippen molar-refractivity contribution in [2.45, 2.75) is 18.8 Å². The predicted molar refractivity (Wildman–Crippen MR) is 120 cm³/mol. The van der Waals surface area contributed by atoms with Crippen LogP contribution < -0.4 is 16.0 Å². The van der Waals surface area contributed by atoms with Gasteiger partial charge in [-0.05, 0) is 30.2 Å². The van der Waals surface area contributed by atoms with Crippen molar-refractivity contribution < 1.29 is 9.59 Å². The molecule has 0 aromatic heterocycles. The van der Waals surface area contributed by atoms with E-state index in [9.17, 15) is 9.59 Å². The average molecular weight is 402 g/mol. The Morgan fingerprint density at radius 2 is 1.23 bits per heavy atom. The molecule has 0 saturated carbocycles. The van der Waals surface area contributed by atoms with Crippen LogP contribution in [0.3, 0.4) is 0 Å². The van der Waals surface area contributed by atoms with Crippen LogP contribution in [-0.4, -0.2) is 25.0 Å². The number of para-hydroxylation sites is 1. The molecule has 0 radical (unpaired) electrons. The maximum Gasteiger partial charge on any atom is 0.319 e. The highest BCUT2D eigenvalue weighted by Crippen LogP contribution is 2.31. The molecule has 3 amide bonds. The molecule has 0 bridgehead atoms. The van der Waals surface area contributed by atoms with Crippen LogP contribution in [0.4, 0.5) is 10.5 Å². The van der Waals surface area contributed by atoms with Crippen molar-refractivity contribution in [3.8, 4) is 0 Å². The number of nitrogens with one attached hydrogen (secondary N) is 3. The molecule has 0 aliphatic rings. The summed E-state index contributed by atoms with van der Waals surface area (Å²) in [5.41, 5.74) is 2.63. The van der Waals surface area contributed by atoms with Crippen LogP contribution in [0, 0.1) is 0 Å². The number of hydrogen-bond donors (Lipinski definition) is 3. The fraction of sp³-hybridized carbons (Fsp3) is 0.200. The number of amides is 3. The van der Waals surface area contributed by atoms with E-state index in [-0.39, 0.29) is 30.3 Å². The zero-order valence-electron chi connectivity index (χ0n) is 17.1. The van der Waals surface area contributed by atoms with Gasteiger partial charge in [-0.2, -0.15) is 0 Å². The molecule has 30 heavy (non-hydrogen) atoms. The largest absolute Gasteiger partial charge is 0.355 e. The molecule has 0 aliphatic carbocycles. The van der Waals surface area contributed by atoms with Gasteiger partial charge in [0.1, 0.15) is 0 Å². The van der Waals surface area contributed by atoms with Crippen LogP contribution >= 0.6 is 0 Å². The minimum Gasteiger partial charge on any atom is -0.355 e. The van der Waals surface area contributed by atoms with E-state index < -0.39 is 0 Å². The fourth-order valence-corrected chi connectivity index (χ4v) is 3.33. The predicted octanol–water partition coefficient (Wildman–Crippen LogP) is 4.32. The van der Waals surface area contributed by atoms with Crippen LogP contribution in [-0.2, 0) is 10.2 Å². The van der Waals surface area contributed by atoms with Gasteiger partial charge in [0.15, 0.2) is 0 Å². The highest BCUT2D eigenvalue weighted by Gasteiger charge is 2.29. The summed E-state index contributed by atoms with van der Waals surface area (Å²) in [4.78, 5) is 24.3. The first-order valence-electron chi connectivity index (χ1n) is 10.1. The molecule has 0 atom stereocenters. The topological polar surface area (TPSA) is 70.2 Å². The number of carbonyl (C=O) groups excluding carboxylic acids is 2. The highest BCUT2D eigenvalue weighted by molar-refractivity contribution is 5.89. The van der Waals surface area contributed by atoms with Gasteiger partial charge in [-0.25, -0.2) is 4.79 Å². The Labute approximate surface area is 177 Å². The summed E-state index contributed by atoms with van der Waals surface area (Å²) in [5.74, 6) is -0.104. The minimum absolute atomic E-state index is 0.104. The van der Waals surface area contributed by atoms with Gasteiger partial charge >= 0.3 is 6.03 Å². The van der Waals surface area contributed by atoms with Crippen molar-refractivity contribution in [2.24, 2.45) is 0 Å². The SMILES string of the molecule is CC(CNC(=O)CCNC(=O)Nc1ccccc1)(c1ccccc1)c1ccccc1. The van der Waals surface area contributed by atoms with Crippen molar-refractivity contribution in [3.05, 3.63) is 102 Å². The molecule has 0 fully saturated rings. The molecule has 5 nitrogen and oxygen atoms in total. The number of anilines is 1. The first-order chi connectivity index (χ1) is 14.6. The Bertz CT molecular complexity index is 904. The molecule has 0 heterocycles. The quantitative estimate of drug-likeness (QED) is 0.526. The van der Waals surface area contributed by atoms with E-state index in [2.05, 4.69) is 47.1 Å². The molecule has 0 spiro atoms. The van der Waals surface area contributed by atoms with E-state index in [0.29, 0.717) is 12.2 Å². The summed E-state index contributed by atoms with van der Waals surface area (Å²) >= 11 is 0. The van der Waals surface area contributed by atoms with Crippen LogP contribution in [0.2, 0.25) is 0 Å². The molecule has 3 aromatic carbocycles. The summed E-state index contributed by atoms with van der Waals surface area (Å²) in [6.07, 6.45) is 0.210. The van der Waals surface area contributed by atoms with Crippen molar-refractivity contribution in [1.82, 2.24) is 10.6 Å². The Morgan fingerprint density at radius 3 is 1.77 bits per heavy atom. The molecule has 0 unspecified atom stereocenters. The summed E-state index contributed by atoms with van der Waals surface area (Å²) in [5, 5.41) is 8.48. The zero-order valence-corrected chi connectivity index (χ0v) is 17.1. The number of rotatable bonds is 8. The van der Waals surface area contributed by atoms with Gasteiger partial charge in [0.2, 0.25) is 5.91 Å². The third-order valence-electron chi connectivity index (χ3n) is 5.13. The molecular formula is C25H27N3O2. The van der Waals surface area contributed by atoms with Crippen LogP contribution in [0.1, 0.15) is 24.5 Å². The number of carbonyl (C=O) groups is 2. The van der Waals surface area contributed by atoms with E-state index in [4.69, 9.17) is 0 Å². The molecule has 3 aromatic rings. The minimum atomic E-state index is -0.351. The summed E-state index contributed by atoms with van der Waals surface area (Å²) in [6.45, 7) is 2.86. The average Bonchev–Trinajstić information content (AvgIpc) is 2.79. The van der Waals surface area contributed by atoms with Gasteiger partial charge < -0.3 is 16.0 Å². The maximum absolute atomic E-state index is 12.4. The van der Waals surface area contributed by atoms with E-state index >= 15 is 0 Å². The third-order valence-corrected chi connectivity index (χ3v) is 5.13. The summed E-state index contributed by atoms with van der Waals surface area (Å²) < 4.78 is 0. The fourth-order valence-electron chi connectivity index (χ4n) is 3.33. The zero-order chi connectivity index (χ0) is 21.2. The lowest BCUT2D eigenvalue weighted by Gasteiger charge is -2.31. The molecular weight excluding hydrogens is 374 g/mol.